The number of benzene rings is 1. The number of carbonyl (C=O) groups is 1. The number of carbonyl (C=O) groups excluding carboxylic acids is 1. The van der Waals surface area contributed by atoms with Crippen molar-refractivity contribution >= 4 is 21.7 Å². The SMILES string of the molecule is CCC(Br)C(=O)c1ccc2c(c1)OCCO2. The van der Waals surface area contributed by atoms with Crippen LogP contribution in [0.5, 0.6) is 11.5 Å². The van der Waals surface area contributed by atoms with Crippen molar-refractivity contribution in [1.29, 1.82) is 0 Å². The number of Topliss-reactive ketones (excluding diaryl/α,β-unsaturated/α-hetero) is 1. The van der Waals surface area contributed by atoms with Crippen LogP contribution in [0.3, 0.4) is 0 Å². The Kier molecular flexibility index (Phi) is 3.49. The zero-order valence-corrected chi connectivity index (χ0v) is 10.6. The lowest BCUT2D eigenvalue weighted by molar-refractivity contribution is 0.0989. The van der Waals surface area contributed by atoms with E-state index in [4.69, 9.17) is 9.47 Å². The molecule has 0 N–H and O–H groups in total. The smallest absolute Gasteiger partial charge is 0.176 e. The summed E-state index contributed by atoms with van der Waals surface area (Å²) in [5.41, 5.74) is 0.660. The number of hydrogen-bond acceptors (Lipinski definition) is 3. The normalized spacial score (nSPS) is 15.6. The third-order valence-corrected chi connectivity index (χ3v) is 3.53. The number of alkyl halides is 1. The van der Waals surface area contributed by atoms with Crippen LogP contribution in [0.15, 0.2) is 18.2 Å². The Morgan fingerprint density at radius 3 is 2.75 bits per heavy atom. The van der Waals surface area contributed by atoms with Crippen LogP contribution >= 0.6 is 15.9 Å². The summed E-state index contributed by atoms with van der Waals surface area (Å²) in [6.45, 7) is 3.07. The Morgan fingerprint density at radius 2 is 2.06 bits per heavy atom. The van der Waals surface area contributed by atoms with Gasteiger partial charge in [0.2, 0.25) is 0 Å². The first-order valence-corrected chi connectivity index (χ1v) is 6.22. The van der Waals surface area contributed by atoms with E-state index in [2.05, 4.69) is 15.9 Å². The second kappa shape index (κ2) is 4.87. The fraction of sp³-hybridized carbons (Fsp3) is 0.417. The van der Waals surface area contributed by atoms with Crippen molar-refractivity contribution in [3.8, 4) is 11.5 Å². The van der Waals surface area contributed by atoms with Gasteiger partial charge in [-0.1, -0.05) is 22.9 Å². The van der Waals surface area contributed by atoms with Crippen molar-refractivity contribution in [3.05, 3.63) is 23.8 Å². The Balaban J connectivity index is 2.26. The van der Waals surface area contributed by atoms with Crippen LogP contribution in [0.2, 0.25) is 0 Å². The minimum absolute atomic E-state index is 0.0828. The molecule has 0 fully saturated rings. The molecule has 1 aromatic carbocycles. The molecule has 3 nitrogen and oxygen atoms in total. The number of ether oxygens (including phenoxy) is 2. The van der Waals surface area contributed by atoms with Crippen molar-refractivity contribution in [2.24, 2.45) is 0 Å². The van der Waals surface area contributed by atoms with E-state index < -0.39 is 0 Å². The monoisotopic (exact) mass is 284 g/mol. The van der Waals surface area contributed by atoms with E-state index in [-0.39, 0.29) is 10.6 Å². The van der Waals surface area contributed by atoms with Gasteiger partial charge in [-0.3, -0.25) is 4.79 Å². The first-order valence-electron chi connectivity index (χ1n) is 5.30. The Labute approximate surface area is 103 Å². The van der Waals surface area contributed by atoms with Crippen LogP contribution in [0.4, 0.5) is 0 Å². The van der Waals surface area contributed by atoms with Gasteiger partial charge in [0, 0.05) is 5.56 Å². The minimum Gasteiger partial charge on any atom is -0.486 e. The highest BCUT2D eigenvalue weighted by Crippen LogP contribution is 2.31. The van der Waals surface area contributed by atoms with Gasteiger partial charge in [-0.05, 0) is 24.6 Å². The predicted molar refractivity (Wildman–Crippen MR) is 64.8 cm³/mol. The van der Waals surface area contributed by atoms with Crippen LogP contribution in [-0.2, 0) is 0 Å². The summed E-state index contributed by atoms with van der Waals surface area (Å²) in [5, 5.41) is 0. The number of rotatable bonds is 3. The first kappa shape index (κ1) is 11.5. The van der Waals surface area contributed by atoms with Crippen LogP contribution < -0.4 is 9.47 Å². The molecule has 4 heteroatoms. The van der Waals surface area contributed by atoms with Gasteiger partial charge in [-0.15, -0.1) is 0 Å². The molecule has 0 aliphatic carbocycles. The molecule has 0 aromatic heterocycles. The zero-order chi connectivity index (χ0) is 11.5. The van der Waals surface area contributed by atoms with Crippen molar-refractivity contribution in [1.82, 2.24) is 0 Å². The Bertz CT molecular complexity index is 403. The van der Waals surface area contributed by atoms with Gasteiger partial charge in [-0.2, -0.15) is 0 Å². The molecule has 0 bridgehead atoms. The molecular formula is C12H13BrO3. The average Bonchev–Trinajstić information content (AvgIpc) is 2.36. The highest BCUT2D eigenvalue weighted by atomic mass is 79.9. The number of halogens is 1. The van der Waals surface area contributed by atoms with Crippen LogP contribution in [0.25, 0.3) is 0 Å². The van der Waals surface area contributed by atoms with Crippen LogP contribution in [-0.4, -0.2) is 23.8 Å². The topological polar surface area (TPSA) is 35.5 Å². The fourth-order valence-corrected chi connectivity index (χ4v) is 1.83. The van der Waals surface area contributed by atoms with Crippen molar-refractivity contribution < 1.29 is 14.3 Å². The molecule has 16 heavy (non-hydrogen) atoms. The maximum absolute atomic E-state index is 11.9. The maximum Gasteiger partial charge on any atom is 0.176 e. The summed E-state index contributed by atoms with van der Waals surface area (Å²) in [5.74, 6) is 1.46. The molecule has 2 rings (SSSR count). The lowest BCUT2D eigenvalue weighted by atomic mass is 10.1. The van der Waals surface area contributed by atoms with Gasteiger partial charge in [0.05, 0.1) is 4.83 Å². The summed E-state index contributed by atoms with van der Waals surface area (Å²) < 4.78 is 10.8. The number of fused-ring (bicyclic) bond motifs is 1. The molecule has 0 radical (unpaired) electrons. The minimum atomic E-state index is -0.130. The fourth-order valence-electron chi connectivity index (χ4n) is 1.56. The van der Waals surface area contributed by atoms with Crippen LogP contribution in [0.1, 0.15) is 23.7 Å². The molecule has 1 aliphatic heterocycles. The average molecular weight is 285 g/mol. The Hall–Kier alpha value is -1.03. The standard InChI is InChI=1S/C12H13BrO3/c1-2-9(13)12(14)8-3-4-10-11(7-8)16-6-5-15-10/h3-4,7,9H,2,5-6H2,1H3. The highest BCUT2D eigenvalue weighted by Gasteiger charge is 2.18. The molecule has 1 atom stereocenters. The van der Waals surface area contributed by atoms with E-state index in [0.29, 0.717) is 30.3 Å². The van der Waals surface area contributed by atoms with Crippen molar-refractivity contribution in [2.75, 3.05) is 13.2 Å². The quantitative estimate of drug-likeness (QED) is 0.633. The molecule has 1 aliphatic rings. The van der Waals surface area contributed by atoms with Crippen molar-refractivity contribution in [3.63, 3.8) is 0 Å². The third-order valence-electron chi connectivity index (χ3n) is 2.47. The third kappa shape index (κ3) is 2.21. The molecule has 0 amide bonds. The summed E-state index contributed by atoms with van der Waals surface area (Å²) in [6.07, 6.45) is 0.771. The predicted octanol–water partition coefficient (Wildman–Crippen LogP) is 2.81. The van der Waals surface area contributed by atoms with Gasteiger partial charge in [0.25, 0.3) is 0 Å². The van der Waals surface area contributed by atoms with Gasteiger partial charge < -0.3 is 9.47 Å². The highest BCUT2D eigenvalue weighted by molar-refractivity contribution is 9.10. The van der Waals surface area contributed by atoms with Crippen molar-refractivity contribution in [2.45, 2.75) is 18.2 Å². The second-order valence-corrected chi connectivity index (χ2v) is 4.70. The molecular weight excluding hydrogens is 272 g/mol. The number of hydrogen-bond donors (Lipinski definition) is 0. The molecule has 0 spiro atoms. The molecule has 0 saturated carbocycles. The summed E-state index contributed by atoms with van der Waals surface area (Å²) in [4.78, 5) is 11.8. The first-order chi connectivity index (χ1) is 7.72. The van der Waals surface area contributed by atoms with E-state index >= 15 is 0 Å². The molecule has 1 heterocycles. The van der Waals surface area contributed by atoms with Crippen LogP contribution in [0, 0.1) is 0 Å². The Morgan fingerprint density at radius 1 is 1.38 bits per heavy atom. The lowest BCUT2D eigenvalue weighted by Crippen LogP contribution is -2.17. The van der Waals surface area contributed by atoms with E-state index in [1.165, 1.54) is 0 Å². The van der Waals surface area contributed by atoms with Gasteiger partial charge in [0.15, 0.2) is 17.3 Å². The van der Waals surface area contributed by atoms with Gasteiger partial charge >= 0.3 is 0 Å². The van der Waals surface area contributed by atoms with Gasteiger partial charge in [0.1, 0.15) is 13.2 Å². The lowest BCUT2D eigenvalue weighted by Gasteiger charge is -2.19. The summed E-state index contributed by atoms with van der Waals surface area (Å²) in [7, 11) is 0. The molecule has 0 saturated heterocycles. The molecule has 86 valence electrons. The van der Waals surface area contributed by atoms with E-state index in [1.54, 1.807) is 18.2 Å². The van der Waals surface area contributed by atoms with E-state index in [9.17, 15) is 4.79 Å². The summed E-state index contributed by atoms with van der Waals surface area (Å²) >= 11 is 3.35. The van der Waals surface area contributed by atoms with E-state index in [0.717, 1.165) is 6.42 Å². The second-order valence-electron chi connectivity index (χ2n) is 3.60. The zero-order valence-electron chi connectivity index (χ0n) is 9.03. The molecule has 1 aromatic rings. The largest absolute Gasteiger partial charge is 0.486 e. The maximum atomic E-state index is 11.9. The van der Waals surface area contributed by atoms with E-state index in [1.807, 2.05) is 6.92 Å². The molecule has 1 unspecified atom stereocenters. The van der Waals surface area contributed by atoms with Gasteiger partial charge in [-0.25, -0.2) is 0 Å². The number of ketones is 1. The summed E-state index contributed by atoms with van der Waals surface area (Å²) in [6, 6.07) is 5.32.